The molecular weight excluding hydrogens is 436 g/mol. The average molecular weight is 460 g/mol. The van der Waals surface area contributed by atoms with Gasteiger partial charge in [-0.1, -0.05) is 24.3 Å². The van der Waals surface area contributed by atoms with Crippen LogP contribution >= 0.6 is 0 Å². The number of fused-ring (bicyclic) bond motifs is 1. The predicted octanol–water partition coefficient (Wildman–Crippen LogP) is 6.79. The van der Waals surface area contributed by atoms with E-state index >= 15 is 0 Å². The lowest BCUT2D eigenvalue weighted by Crippen LogP contribution is -2.37. The van der Waals surface area contributed by atoms with Crippen molar-refractivity contribution in [2.24, 2.45) is 0 Å². The highest BCUT2D eigenvalue weighted by atomic mass is 19.4. The molecule has 1 heterocycles. The van der Waals surface area contributed by atoms with Gasteiger partial charge in [0.2, 0.25) is 0 Å². The molecule has 1 fully saturated rings. The van der Waals surface area contributed by atoms with E-state index in [1.54, 1.807) is 24.3 Å². The van der Waals surface area contributed by atoms with E-state index in [9.17, 15) is 17.6 Å². The number of rotatable bonds is 7. The third kappa shape index (κ3) is 5.37. The minimum absolute atomic E-state index is 0.0385. The molecule has 0 aliphatic carbocycles. The smallest absolute Gasteiger partial charge is 0.416 e. The zero-order chi connectivity index (χ0) is 23.5. The molecule has 0 radical (unpaired) electrons. The van der Waals surface area contributed by atoms with Gasteiger partial charge in [-0.25, -0.2) is 4.39 Å². The Balaban J connectivity index is 1.65. The maximum absolute atomic E-state index is 13.7. The Hall–Kier alpha value is -2.90. The highest BCUT2D eigenvalue weighted by molar-refractivity contribution is 5.83. The van der Waals surface area contributed by atoms with Crippen LogP contribution in [0, 0.1) is 5.82 Å². The van der Waals surface area contributed by atoms with Gasteiger partial charge < -0.3 is 14.2 Å². The summed E-state index contributed by atoms with van der Waals surface area (Å²) in [6, 6.07) is 13.6. The monoisotopic (exact) mass is 460 g/mol. The van der Waals surface area contributed by atoms with Crippen molar-refractivity contribution in [3.05, 3.63) is 89.8 Å². The summed E-state index contributed by atoms with van der Waals surface area (Å²) >= 11 is 0. The van der Waals surface area contributed by atoms with E-state index in [1.807, 2.05) is 12.1 Å². The summed E-state index contributed by atoms with van der Waals surface area (Å²) in [5.41, 5.74) is -0.593. The summed E-state index contributed by atoms with van der Waals surface area (Å²) in [6.45, 7) is 4.67. The van der Waals surface area contributed by atoms with Crippen molar-refractivity contribution in [2.75, 3.05) is 19.8 Å². The first-order chi connectivity index (χ1) is 15.8. The van der Waals surface area contributed by atoms with Crippen molar-refractivity contribution in [1.82, 2.24) is 0 Å². The van der Waals surface area contributed by atoms with Gasteiger partial charge in [-0.05, 0) is 58.3 Å². The minimum atomic E-state index is -4.54. The molecule has 3 nitrogen and oxygen atoms in total. The molecule has 0 unspecified atom stereocenters. The summed E-state index contributed by atoms with van der Waals surface area (Å²) in [7, 11) is 0. The molecule has 174 valence electrons. The fraction of sp³-hybridized carbons (Fsp3) is 0.308. The molecule has 3 aromatic rings. The quantitative estimate of drug-likeness (QED) is 0.287. The van der Waals surface area contributed by atoms with E-state index in [2.05, 4.69) is 6.58 Å². The molecule has 3 aromatic carbocycles. The van der Waals surface area contributed by atoms with Crippen LogP contribution in [0.15, 0.2) is 67.3 Å². The van der Waals surface area contributed by atoms with E-state index < -0.39 is 17.3 Å². The van der Waals surface area contributed by atoms with Crippen LogP contribution in [0.1, 0.15) is 29.5 Å². The molecule has 1 aliphatic rings. The molecule has 0 N–H and O–H groups in total. The summed E-state index contributed by atoms with van der Waals surface area (Å²) in [5.74, 6) is -0.267. The molecule has 0 bridgehead atoms. The van der Waals surface area contributed by atoms with E-state index in [0.29, 0.717) is 37.0 Å². The summed E-state index contributed by atoms with van der Waals surface area (Å²) in [4.78, 5) is 0. The van der Waals surface area contributed by atoms with Gasteiger partial charge in [0, 0.05) is 26.1 Å². The zero-order valence-electron chi connectivity index (χ0n) is 18.0. The Morgan fingerprint density at radius 1 is 0.970 bits per heavy atom. The number of ether oxygens (including phenoxy) is 3. The van der Waals surface area contributed by atoms with Crippen LogP contribution in [0.3, 0.4) is 0 Å². The molecule has 1 aliphatic heterocycles. The molecule has 0 aromatic heterocycles. The topological polar surface area (TPSA) is 27.7 Å². The second-order valence-electron chi connectivity index (χ2n) is 8.06. The van der Waals surface area contributed by atoms with Gasteiger partial charge in [-0.3, -0.25) is 0 Å². The van der Waals surface area contributed by atoms with Gasteiger partial charge in [0.05, 0.1) is 17.8 Å². The number of alkyl halides is 3. The van der Waals surface area contributed by atoms with E-state index in [1.165, 1.54) is 12.1 Å². The van der Waals surface area contributed by atoms with Crippen LogP contribution < -0.4 is 4.74 Å². The van der Waals surface area contributed by atoms with Gasteiger partial charge in [0.15, 0.2) is 0 Å². The molecule has 0 atom stereocenters. The highest BCUT2D eigenvalue weighted by Crippen LogP contribution is 2.41. The first-order valence-electron chi connectivity index (χ1n) is 10.7. The Morgan fingerprint density at radius 3 is 2.45 bits per heavy atom. The molecular formula is C26H24F4O3. The SMILES string of the molecule is C=CCOC1(c2cc(OCc3ccc4ccc(F)cc4c3)cc(C(F)(F)F)c2)CCOCC1. The molecule has 33 heavy (non-hydrogen) atoms. The fourth-order valence-electron chi connectivity index (χ4n) is 4.07. The number of benzene rings is 3. The Kier molecular flexibility index (Phi) is 6.72. The van der Waals surface area contributed by atoms with E-state index in [0.717, 1.165) is 23.1 Å². The van der Waals surface area contributed by atoms with Gasteiger partial charge in [0.1, 0.15) is 18.2 Å². The normalized spacial score (nSPS) is 16.0. The van der Waals surface area contributed by atoms with Crippen LogP contribution in [-0.4, -0.2) is 19.8 Å². The van der Waals surface area contributed by atoms with Crippen molar-refractivity contribution in [1.29, 1.82) is 0 Å². The second-order valence-corrected chi connectivity index (χ2v) is 8.06. The fourth-order valence-corrected chi connectivity index (χ4v) is 4.07. The molecule has 0 amide bonds. The van der Waals surface area contributed by atoms with Gasteiger partial charge in [0.25, 0.3) is 0 Å². The van der Waals surface area contributed by atoms with Crippen LogP contribution in [-0.2, 0) is 27.9 Å². The third-order valence-corrected chi connectivity index (χ3v) is 5.81. The Bertz CT molecular complexity index is 1130. The van der Waals surface area contributed by atoms with E-state index in [4.69, 9.17) is 14.2 Å². The Labute approximate surface area is 189 Å². The van der Waals surface area contributed by atoms with Gasteiger partial charge >= 0.3 is 6.18 Å². The minimum Gasteiger partial charge on any atom is -0.489 e. The van der Waals surface area contributed by atoms with Crippen LogP contribution in [0.5, 0.6) is 5.75 Å². The maximum atomic E-state index is 13.7. The van der Waals surface area contributed by atoms with Crippen molar-refractivity contribution in [3.8, 4) is 5.75 Å². The van der Waals surface area contributed by atoms with E-state index in [-0.39, 0.29) is 24.8 Å². The Morgan fingerprint density at radius 2 is 1.73 bits per heavy atom. The van der Waals surface area contributed by atoms with Crippen LogP contribution in [0.2, 0.25) is 0 Å². The largest absolute Gasteiger partial charge is 0.489 e. The molecule has 0 spiro atoms. The maximum Gasteiger partial charge on any atom is 0.416 e. The third-order valence-electron chi connectivity index (χ3n) is 5.81. The standard InChI is InChI=1S/C26H24F4O3/c1-2-9-33-25(7-10-31-11-8-25)21-14-22(26(28,29)30)16-24(15-21)32-17-18-3-4-19-5-6-23(27)13-20(19)12-18/h2-6,12-16H,1,7-11,17H2. The van der Waals surface area contributed by atoms with Crippen molar-refractivity contribution in [2.45, 2.75) is 31.2 Å². The summed E-state index contributed by atoms with van der Waals surface area (Å²) < 4.78 is 71.8. The second kappa shape index (κ2) is 9.53. The molecule has 0 saturated carbocycles. The molecule has 1 saturated heterocycles. The molecule has 4 rings (SSSR count). The van der Waals surface area contributed by atoms with Gasteiger partial charge in [-0.15, -0.1) is 6.58 Å². The average Bonchev–Trinajstić information content (AvgIpc) is 2.81. The van der Waals surface area contributed by atoms with Gasteiger partial charge in [-0.2, -0.15) is 13.2 Å². The van der Waals surface area contributed by atoms with Crippen LogP contribution in [0.25, 0.3) is 10.8 Å². The van der Waals surface area contributed by atoms with Crippen molar-refractivity contribution in [3.63, 3.8) is 0 Å². The number of halogens is 4. The van der Waals surface area contributed by atoms with Crippen molar-refractivity contribution >= 4 is 10.8 Å². The lowest BCUT2D eigenvalue weighted by atomic mass is 9.85. The lowest BCUT2D eigenvalue weighted by Gasteiger charge is -2.38. The predicted molar refractivity (Wildman–Crippen MR) is 118 cm³/mol. The van der Waals surface area contributed by atoms with Crippen LogP contribution in [0.4, 0.5) is 17.6 Å². The number of hydrogen-bond donors (Lipinski definition) is 0. The highest BCUT2D eigenvalue weighted by Gasteiger charge is 2.39. The zero-order valence-corrected chi connectivity index (χ0v) is 18.0. The summed E-state index contributed by atoms with van der Waals surface area (Å²) in [6.07, 6.45) is -2.11. The van der Waals surface area contributed by atoms with Crippen molar-refractivity contribution < 1.29 is 31.8 Å². The first-order valence-corrected chi connectivity index (χ1v) is 10.7. The number of hydrogen-bond acceptors (Lipinski definition) is 3. The molecule has 7 heteroatoms. The summed E-state index contributed by atoms with van der Waals surface area (Å²) in [5, 5.41) is 1.56. The first kappa shape index (κ1) is 23.3. The lowest BCUT2D eigenvalue weighted by molar-refractivity contribution is -0.138.